The number of benzene rings is 1. The van der Waals surface area contributed by atoms with Gasteiger partial charge >= 0.3 is 0 Å². The van der Waals surface area contributed by atoms with Gasteiger partial charge in [0.05, 0.1) is 5.60 Å². The van der Waals surface area contributed by atoms with Gasteiger partial charge in [0.1, 0.15) is 5.65 Å². The van der Waals surface area contributed by atoms with Crippen LogP contribution < -0.4 is 0 Å². The molecule has 1 saturated heterocycles. The van der Waals surface area contributed by atoms with E-state index in [2.05, 4.69) is 28.2 Å². The molecule has 2 bridgehead atoms. The summed E-state index contributed by atoms with van der Waals surface area (Å²) in [4.78, 5) is 23.2. The van der Waals surface area contributed by atoms with E-state index < -0.39 is 5.60 Å². The number of amides is 1. The van der Waals surface area contributed by atoms with Crippen molar-refractivity contribution in [1.82, 2.24) is 14.9 Å². The SMILES string of the molecule is O=C(CC(c1ccccc1)c1c[nH]c2ncccc12)N1CCC2(O)CCCC1C2. The third kappa shape index (κ3) is 3.44. The first-order chi connectivity index (χ1) is 14.1. The Morgan fingerprint density at radius 3 is 2.97 bits per heavy atom. The van der Waals surface area contributed by atoms with Gasteiger partial charge < -0.3 is 15.0 Å². The van der Waals surface area contributed by atoms with Gasteiger partial charge in [0, 0.05) is 42.7 Å². The Balaban J connectivity index is 1.45. The van der Waals surface area contributed by atoms with Crippen LogP contribution in [0.15, 0.2) is 54.9 Å². The summed E-state index contributed by atoms with van der Waals surface area (Å²) in [6.07, 6.45) is 8.51. The minimum atomic E-state index is -0.555. The molecule has 5 rings (SSSR count). The Morgan fingerprint density at radius 1 is 1.24 bits per heavy atom. The molecule has 0 radical (unpaired) electrons. The number of pyridine rings is 1. The minimum Gasteiger partial charge on any atom is -0.390 e. The number of fused-ring (bicyclic) bond motifs is 3. The standard InChI is InChI=1S/C24H27N3O2/c28-22(27-13-11-24(29)10-4-8-18(27)15-24)14-20(17-6-2-1-3-7-17)21-16-26-23-19(21)9-5-12-25-23/h1-3,5-7,9,12,16,18,20,29H,4,8,10-11,13-15H2,(H,25,26). The average Bonchev–Trinajstić information content (AvgIpc) is 3.16. The van der Waals surface area contributed by atoms with Crippen molar-refractivity contribution >= 4 is 16.9 Å². The van der Waals surface area contributed by atoms with Gasteiger partial charge in [-0.25, -0.2) is 4.98 Å². The van der Waals surface area contributed by atoms with Crippen molar-refractivity contribution in [3.05, 3.63) is 66.0 Å². The van der Waals surface area contributed by atoms with Crippen molar-refractivity contribution in [1.29, 1.82) is 0 Å². The lowest BCUT2D eigenvalue weighted by Gasteiger charge is -2.48. The van der Waals surface area contributed by atoms with Gasteiger partial charge in [-0.2, -0.15) is 0 Å². The second-order valence-corrected chi connectivity index (χ2v) is 8.62. The topological polar surface area (TPSA) is 69.2 Å². The van der Waals surface area contributed by atoms with Gasteiger partial charge in [0.15, 0.2) is 0 Å². The summed E-state index contributed by atoms with van der Waals surface area (Å²) in [5, 5.41) is 11.7. The van der Waals surface area contributed by atoms with Crippen LogP contribution in [0.3, 0.4) is 0 Å². The van der Waals surface area contributed by atoms with Crippen LogP contribution >= 0.6 is 0 Å². The monoisotopic (exact) mass is 389 g/mol. The third-order valence-electron chi connectivity index (χ3n) is 6.81. The number of nitrogens with zero attached hydrogens (tertiary/aromatic N) is 2. The van der Waals surface area contributed by atoms with Crippen molar-refractivity contribution in [3.63, 3.8) is 0 Å². The predicted molar refractivity (Wildman–Crippen MR) is 113 cm³/mol. The fourth-order valence-electron chi connectivity index (χ4n) is 5.29. The molecule has 1 aromatic carbocycles. The molecule has 150 valence electrons. The van der Waals surface area contributed by atoms with Crippen molar-refractivity contribution in [3.8, 4) is 0 Å². The summed E-state index contributed by atoms with van der Waals surface area (Å²) in [5.74, 6) is 0.164. The summed E-state index contributed by atoms with van der Waals surface area (Å²) < 4.78 is 0. The molecule has 2 aromatic heterocycles. The van der Waals surface area contributed by atoms with Gasteiger partial charge in [-0.1, -0.05) is 30.3 Å². The first-order valence-corrected chi connectivity index (χ1v) is 10.6. The maximum atomic E-state index is 13.4. The van der Waals surface area contributed by atoms with Crippen LogP contribution in [0.25, 0.3) is 11.0 Å². The summed E-state index contributed by atoms with van der Waals surface area (Å²) in [5.41, 5.74) is 2.56. The van der Waals surface area contributed by atoms with Crippen LogP contribution in [-0.4, -0.2) is 44.1 Å². The van der Waals surface area contributed by atoms with E-state index in [9.17, 15) is 9.90 Å². The van der Waals surface area contributed by atoms with Gasteiger partial charge in [-0.15, -0.1) is 0 Å². The van der Waals surface area contributed by atoms with E-state index in [0.29, 0.717) is 19.4 Å². The maximum absolute atomic E-state index is 13.4. The Morgan fingerprint density at radius 2 is 2.10 bits per heavy atom. The number of rotatable bonds is 4. The van der Waals surface area contributed by atoms with E-state index in [4.69, 9.17) is 0 Å². The van der Waals surface area contributed by atoms with E-state index in [-0.39, 0.29) is 17.9 Å². The van der Waals surface area contributed by atoms with Crippen LogP contribution in [-0.2, 0) is 4.79 Å². The highest BCUT2D eigenvalue weighted by Gasteiger charge is 2.43. The van der Waals surface area contributed by atoms with Gasteiger partial charge in [-0.3, -0.25) is 4.79 Å². The number of carbonyl (C=O) groups is 1. The highest BCUT2D eigenvalue weighted by molar-refractivity contribution is 5.84. The number of nitrogens with one attached hydrogen (secondary N) is 1. The van der Waals surface area contributed by atoms with Crippen LogP contribution in [0.4, 0.5) is 0 Å². The quantitative estimate of drug-likeness (QED) is 0.709. The molecule has 1 aliphatic heterocycles. The molecule has 0 spiro atoms. The van der Waals surface area contributed by atoms with Crippen LogP contribution in [0.5, 0.6) is 0 Å². The average molecular weight is 389 g/mol. The summed E-state index contributed by atoms with van der Waals surface area (Å²) in [6, 6.07) is 14.5. The number of H-pyrrole nitrogens is 1. The lowest BCUT2D eigenvalue weighted by molar-refractivity contribution is -0.144. The Labute approximate surface area is 170 Å². The van der Waals surface area contributed by atoms with E-state index in [0.717, 1.165) is 47.8 Å². The molecule has 3 heterocycles. The fraction of sp³-hybridized carbons (Fsp3) is 0.417. The second kappa shape index (κ2) is 7.30. The number of aliphatic hydroxyl groups is 1. The third-order valence-corrected chi connectivity index (χ3v) is 6.81. The molecule has 1 amide bonds. The molecule has 3 unspecified atom stereocenters. The summed E-state index contributed by atoms with van der Waals surface area (Å²) in [6.45, 7) is 0.664. The Kier molecular flexibility index (Phi) is 4.63. The number of aromatic amines is 1. The number of piperidine rings is 1. The van der Waals surface area contributed by atoms with Crippen molar-refractivity contribution < 1.29 is 9.90 Å². The largest absolute Gasteiger partial charge is 0.390 e. The van der Waals surface area contributed by atoms with E-state index in [1.54, 1.807) is 6.20 Å². The molecular formula is C24H27N3O2. The van der Waals surface area contributed by atoms with Crippen molar-refractivity contribution in [2.45, 2.75) is 56.1 Å². The lowest BCUT2D eigenvalue weighted by atomic mass is 9.75. The number of carbonyl (C=O) groups excluding carboxylic acids is 1. The van der Waals surface area contributed by atoms with Crippen LogP contribution in [0.2, 0.25) is 0 Å². The number of hydrogen-bond donors (Lipinski definition) is 2. The zero-order valence-corrected chi connectivity index (χ0v) is 16.6. The molecule has 2 aliphatic rings. The highest BCUT2D eigenvalue weighted by atomic mass is 16.3. The second-order valence-electron chi connectivity index (χ2n) is 8.62. The van der Waals surface area contributed by atoms with Gasteiger partial charge in [0.25, 0.3) is 0 Å². The molecule has 1 aliphatic carbocycles. The van der Waals surface area contributed by atoms with Crippen LogP contribution in [0, 0.1) is 0 Å². The lowest BCUT2D eigenvalue weighted by Crippen LogP contribution is -2.55. The molecule has 5 heteroatoms. The summed E-state index contributed by atoms with van der Waals surface area (Å²) >= 11 is 0. The van der Waals surface area contributed by atoms with E-state index in [1.165, 1.54) is 0 Å². The zero-order valence-electron chi connectivity index (χ0n) is 16.6. The smallest absolute Gasteiger partial charge is 0.223 e. The highest BCUT2D eigenvalue weighted by Crippen LogP contribution is 2.40. The van der Waals surface area contributed by atoms with Gasteiger partial charge in [-0.05, 0) is 55.4 Å². The first-order valence-electron chi connectivity index (χ1n) is 10.6. The molecule has 1 saturated carbocycles. The fourth-order valence-corrected chi connectivity index (χ4v) is 5.29. The van der Waals surface area contributed by atoms with E-state index >= 15 is 0 Å². The van der Waals surface area contributed by atoms with Gasteiger partial charge in [0.2, 0.25) is 5.91 Å². The first kappa shape index (κ1) is 18.4. The molecule has 29 heavy (non-hydrogen) atoms. The number of likely N-dealkylation sites (tertiary alicyclic amines) is 1. The maximum Gasteiger partial charge on any atom is 0.223 e. The molecule has 2 N–H and O–H groups in total. The van der Waals surface area contributed by atoms with E-state index in [1.807, 2.05) is 35.4 Å². The number of hydrogen-bond acceptors (Lipinski definition) is 3. The van der Waals surface area contributed by atoms with Crippen LogP contribution in [0.1, 0.15) is 55.6 Å². The normalized spacial score (nSPS) is 25.1. The molecule has 5 nitrogen and oxygen atoms in total. The molecule has 2 fully saturated rings. The Hall–Kier alpha value is -2.66. The Bertz CT molecular complexity index is 1020. The summed E-state index contributed by atoms with van der Waals surface area (Å²) in [7, 11) is 0. The van der Waals surface area contributed by atoms with Crippen molar-refractivity contribution in [2.24, 2.45) is 0 Å². The minimum absolute atomic E-state index is 0.0222. The molecule has 3 aromatic rings. The number of aromatic nitrogens is 2. The molecular weight excluding hydrogens is 362 g/mol. The zero-order chi connectivity index (χ0) is 19.8. The molecule has 3 atom stereocenters. The van der Waals surface area contributed by atoms with Crippen molar-refractivity contribution in [2.75, 3.05) is 6.54 Å². The predicted octanol–water partition coefficient (Wildman–Crippen LogP) is 3.99.